The fourth-order valence-corrected chi connectivity index (χ4v) is 7.28. The maximum absolute atomic E-state index is 11.5. The summed E-state index contributed by atoms with van der Waals surface area (Å²) in [5.74, 6) is 3.25. The van der Waals surface area contributed by atoms with Crippen LogP contribution >= 0.6 is 0 Å². The van der Waals surface area contributed by atoms with Crippen LogP contribution in [0.25, 0.3) is 0 Å². The molecule has 4 aliphatic rings. The maximum atomic E-state index is 11.5. The molecule has 0 aromatic carbocycles. The lowest BCUT2D eigenvalue weighted by molar-refractivity contribution is -0.147. The largest absolute Gasteiger partial charge is 0.462 e. The molecule has 0 amide bonds. The molecule has 0 unspecified atom stereocenters. The van der Waals surface area contributed by atoms with E-state index in [0.29, 0.717) is 29.1 Å². The van der Waals surface area contributed by atoms with Gasteiger partial charge in [0.05, 0.1) is 0 Å². The van der Waals surface area contributed by atoms with Gasteiger partial charge >= 0.3 is 5.97 Å². The van der Waals surface area contributed by atoms with Crippen LogP contribution in [-0.4, -0.2) is 12.1 Å². The Hall–Kier alpha value is -1.57. The van der Waals surface area contributed by atoms with Crippen molar-refractivity contribution in [2.45, 2.75) is 93.1 Å². The monoisotopic (exact) mass is 436 g/mol. The topological polar surface area (TPSA) is 26.3 Å². The third-order valence-corrected chi connectivity index (χ3v) is 9.76. The van der Waals surface area contributed by atoms with E-state index in [9.17, 15) is 4.79 Å². The first-order chi connectivity index (χ1) is 15.1. The lowest BCUT2D eigenvalue weighted by Crippen LogP contribution is -2.41. The average Bonchev–Trinajstić information content (AvgIpc) is 3.08. The van der Waals surface area contributed by atoms with E-state index < -0.39 is 0 Å². The summed E-state index contributed by atoms with van der Waals surface area (Å²) < 4.78 is 5.58. The number of hydrogen-bond donors (Lipinski definition) is 0. The first-order valence-electron chi connectivity index (χ1n) is 13.0. The minimum Gasteiger partial charge on any atom is -0.462 e. The van der Waals surface area contributed by atoms with E-state index in [4.69, 9.17) is 4.74 Å². The average molecular weight is 437 g/mol. The lowest BCUT2D eigenvalue weighted by Gasteiger charge is -2.50. The van der Waals surface area contributed by atoms with Crippen molar-refractivity contribution in [1.29, 1.82) is 0 Å². The van der Waals surface area contributed by atoms with Crippen molar-refractivity contribution in [1.82, 2.24) is 0 Å². The second kappa shape index (κ2) is 8.65. The molecule has 2 fully saturated rings. The Morgan fingerprint density at radius 1 is 1.09 bits per heavy atom. The van der Waals surface area contributed by atoms with Crippen molar-refractivity contribution in [3.8, 4) is 0 Å². The third-order valence-electron chi connectivity index (χ3n) is 9.76. The molecular formula is C30H44O2. The summed E-state index contributed by atoms with van der Waals surface area (Å²) in [6.45, 7) is 16.0. The first kappa shape index (κ1) is 23.6. The maximum Gasteiger partial charge on any atom is 0.302 e. The Kier molecular flexibility index (Phi) is 6.38. The number of carbonyl (C=O) groups excluding carboxylic acids is 1. The fourth-order valence-electron chi connectivity index (χ4n) is 7.28. The smallest absolute Gasteiger partial charge is 0.302 e. The van der Waals surface area contributed by atoms with E-state index in [-0.39, 0.29) is 17.5 Å². The molecule has 2 nitrogen and oxygen atoms in total. The van der Waals surface area contributed by atoms with Crippen LogP contribution in [0, 0.1) is 40.4 Å². The van der Waals surface area contributed by atoms with Gasteiger partial charge in [0.2, 0.25) is 0 Å². The first-order valence-corrected chi connectivity index (χ1v) is 13.0. The molecule has 4 rings (SSSR count). The number of esters is 1. The minimum atomic E-state index is -0.151. The third kappa shape index (κ3) is 3.97. The second-order valence-electron chi connectivity index (χ2n) is 12.0. The van der Waals surface area contributed by atoms with Gasteiger partial charge in [-0.3, -0.25) is 4.79 Å². The molecule has 0 aliphatic heterocycles. The molecule has 0 spiro atoms. The number of fused-ring (bicyclic) bond motifs is 5. The van der Waals surface area contributed by atoms with Gasteiger partial charge in [-0.25, -0.2) is 0 Å². The molecule has 2 saturated carbocycles. The van der Waals surface area contributed by atoms with Crippen LogP contribution in [0.1, 0.15) is 87.0 Å². The van der Waals surface area contributed by atoms with Crippen molar-refractivity contribution < 1.29 is 9.53 Å². The highest BCUT2D eigenvalue weighted by Gasteiger charge is 2.54. The van der Waals surface area contributed by atoms with E-state index in [0.717, 1.165) is 25.2 Å². The molecule has 7 atom stereocenters. The van der Waals surface area contributed by atoms with Gasteiger partial charge in [0, 0.05) is 18.8 Å². The predicted octanol–water partition coefficient (Wildman–Crippen LogP) is 7.82. The van der Waals surface area contributed by atoms with Crippen LogP contribution in [0.2, 0.25) is 0 Å². The highest BCUT2D eigenvalue weighted by molar-refractivity contribution is 5.66. The summed E-state index contributed by atoms with van der Waals surface area (Å²) in [7, 11) is 0. The summed E-state index contributed by atoms with van der Waals surface area (Å²) in [5.41, 5.74) is 5.15. The zero-order chi connectivity index (χ0) is 23.3. The molecule has 4 aliphatic carbocycles. The van der Waals surface area contributed by atoms with Gasteiger partial charge in [-0.2, -0.15) is 0 Å². The highest BCUT2D eigenvalue weighted by atomic mass is 16.5. The molecule has 0 saturated heterocycles. The minimum absolute atomic E-state index is 0.0490. The Bertz CT molecular complexity index is 871. The molecule has 0 heterocycles. The molecule has 0 aromatic rings. The normalized spacial score (nSPS) is 38.2. The van der Waals surface area contributed by atoms with Gasteiger partial charge < -0.3 is 4.74 Å². The number of hydrogen-bond acceptors (Lipinski definition) is 2. The van der Waals surface area contributed by atoms with Gasteiger partial charge in [-0.05, 0) is 78.3 Å². The zero-order valence-electron chi connectivity index (χ0n) is 21.4. The predicted molar refractivity (Wildman–Crippen MR) is 133 cm³/mol. The Balaban J connectivity index is 1.57. The quantitative estimate of drug-likeness (QED) is 0.324. The van der Waals surface area contributed by atoms with Gasteiger partial charge in [0.25, 0.3) is 0 Å². The molecular weight excluding hydrogens is 392 g/mol. The second-order valence-corrected chi connectivity index (χ2v) is 12.0. The van der Waals surface area contributed by atoms with Crippen LogP contribution in [0.15, 0.2) is 47.1 Å². The van der Waals surface area contributed by atoms with Crippen LogP contribution < -0.4 is 0 Å². The number of carbonyl (C=O) groups is 1. The molecule has 32 heavy (non-hydrogen) atoms. The summed E-state index contributed by atoms with van der Waals surface area (Å²) >= 11 is 0. The van der Waals surface area contributed by atoms with Crippen molar-refractivity contribution in [2.75, 3.05) is 0 Å². The van der Waals surface area contributed by atoms with Crippen molar-refractivity contribution in [3.63, 3.8) is 0 Å². The van der Waals surface area contributed by atoms with Crippen molar-refractivity contribution >= 4 is 5.97 Å². The molecule has 2 heteroatoms. The van der Waals surface area contributed by atoms with Crippen LogP contribution in [0.3, 0.4) is 0 Å². The molecule has 0 radical (unpaired) electrons. The van der Waals surface area contributed by atoms with Gasteiger partial charge in [0.1, 0.15) is 6.10 Å². The number of rotatable bonds is 5. The summed E-state index contributed by atoms with van der Waals surface area (Å²) in [6.07, 6.45) is 19.2. The zero-order valence-corrected chi connectivity index (χ0v) is 21.4. The summed E-state index contributed by atoms with van der Waals surface area (Å²) in [6, 6.07) is 0. The van der Waals surface area contributed by atoms with E-state index in [1.165, 1.54) is 31.8 Å². The van der Waals surface area contributed by atoms with E-state index in [1.54, 1.807) is 11.1 Å². The Morgan fingerprint density at radius 2 is 1.84 bits per heavy atom. The number of ether oxygens (including phenoxy) is 1. The highest BCUT2D eigenvalue weighted by Crippen LogP contribution is 2.64. The fraction of sp³-hybridized carbons (Fsp3) is 0.700. The lowest BCUT2D eigenvalue weighted by atomic mass is 9.54. The van der Waals surface area contributed by atoms with Crippen LogP contribution in [0.5, 0.6) is 0 Å². The van der Waals surface area contributed by atoms with E-state index in [1.807, 2.05) is 0 Å². The van der Waals surface area contributed by atoms with Gasteiger partial charge in [-0.1, -0.05) is 77.5 Å². The molecule has 0 aromatic heterocycles. The summed E-state index contributed by atoms with van der Waals surface area (Å²) in [4.78, 5) is 11.5. The number of allylic oxidation sites excluding steroid dienone is 7. The van der Waals surface area contributed by atoms with Crippen molar-refractivity contribution in [2.24, 2.45) is 40.4 Å². The molecule has 0 N–H and O–H groups in total. The SMILES string of the molecule is CC(=O)O[C@@H]1CC[C@]2(C)C(=CC=C3C2=CC[C@]2(C)[C@@H]3CC[C@@H]2[C@H](C)/C=C\[C@H](C)C(C)C)C1. The Morgan fingerprint density at radius 3 is 2.53 bits per heavy atom. The Labute approximate surface area is 196 Å². The van der Waals surface area contributed by atoms with E-state index >= 15 is 0 Å². The van der Waals surface area contributed by atoms with Crippen molar-refractivity contribution in [3.05, 3.63) is 47.1 Å². The van der Waals surface area contributed by atoms with Crippen LogP contribution in [0.4, 0.5) is 0 Å². The van der Waals surface area contributed by atoms with Gasteiger partial charge in [0.15, 0.2) is 0 Å². The molecule has 176 valence electrons. The summed E-state index contributed by atoms with van der Waals surface area (Å²) in [5, 5.41) is 0. The standard InChI is InChI=1S/C30H44O2/c1-19(2)20(3)8-9-21(4)26-12-13-27-25-11-10-23-18-24(32-22(5)31)14-16-29(23,6)28(25)15-17-30(26,27)7/h8-11,15,19-21,24,26-27H,12-14,16-18H2,1-7H3/b9-8-/t20-,21+,24+,26+,27+,29+,30-/m0/s1. The van der Waals surface area contributed by atoms with E-state index in [2.05, 4.69) is 71.9 Å². The van der Waals surface area contributed by atoms with Gasteiger partial charge in [-0.15, -0.1) is 0 Å². The van der Waals surface area contributed by atoms with Crippen LogP contribution in [-0.2, 0) is 9.53 Å². The molecule has 0 bridgehead atoms.